The summed E-state index contributed by atoms with van der Waals surface area (Å²) in [6, 6.07) is 0.458. The maximum absolute atomic E-state index is 12.4. The van der Waals surface area contributed by atoms with Crippen LogP contribution in [0.4, 0.5) is 0 Å². The van der Waals surface area contributed by atoms with Gasteiger partial charge in [0.05, 0.1) is 5.75 Å². The molecule has 2 aliphatic rings. The van der Waals surface area contributed by atoms with Crippen LogP contribution in [-0.2, 0) is 4.79 Å². The average molecular weight is 314 g/mol. The molecule has 0 saturated carbocycles. The predicted octanol–water partition coefficient (Wildman–Crippen LogP) is 1.80. The molecule has 0 radical (unpaired) electrons. The fraction of sp³-hybridized carbons (Fsp3) is 0.938. The standard InChI is InChI=1S/C16H31N3OS/c1-3-10-19-11-6-14(7-12-19)18(2)16(20)13-21-15-4-8-17-9-5-15/h14-15,17H,3-13H2,1-2H3. The van der Waals surface area contributed by atoms with Crippen molar-refractivity contribution in [3.8, 4) is 0 Å². The van der Waals surface area contributed by atoms with E-state index in [1.807, 2.05) is 23.7 Å². The van der Waals surface area contributed by atoms with Crippen molar-refractivity contribution in [1.82, 2.24) is 15.1 Å². The van der Waals surface area contributed by atoms with Crippen molar-refractivity contribution >= 4 is 17.7 Å². The molecule has 21 heavy (non-hydrogen) atoms. The Labute approximate surface area is 134 Å². The molecule has 0 aliphatic carbocycles. The monoisotopic (exact) mass is 313 g/mol. The van der Waals surface area contributed by atoms with Crippen molar-refractivity contribution in [2.24, 2.45) is 0 Å². The molecule has 2 saturated heterocycles. The Morgan fingerprint density at radius 2 is 1.90 bits per heavy atom. The van der Waals surface area contributed by atoms with Gasteiger partial charge in [0.25, 0.3) is 0 Å². The minimum absolute atomic E-state index is 0.326. The molecule has 2 heterocycles. The van der Waals surface area contributed by atoms with Crippen LogP contribution in [0.15, 0.2) is 0 Å². The SMILES string of the molecule is CCCN1CCC(N(C)C(=O)CSC2CCNCC2)CC1. The highest BCUT2D eigenvalue weighted by molar-refractivity contribution is 8.00. The van der Waals surface area contributed by atoms with Crippen LogP contribution in [0.25, 0.3) is 0 Å². The van der Waals surface area contributed by atoms with E-state index in [1.54, 1.807) is 0 Å². The van der Waals surface area contributed by atoms with Crippen molar-refractivity contribution in [2.75, 3.05) is 45.5 Å². The van der Waals surface area contributed by atoms with Crippen LogP contribution in [0.1, 0.15) is 39.0 Å². The van der Waals surface area contributed by atoms with Crippen LogP contribution in [0.3, 0.4) is 0 Å². The van der Waals surface area contributed by atoms with Gasteiger partial charge < -0.3 is 15.1 Å². The zero-order chi connectivity index (χ0) is 15.1. The van der Waals surface area contributed by atoms with Gasteiger partial charge in [-0.05, 0) is 51.7 Å². The van der Waals surface area contributed by atoms with Crippen molar-refractivity contribution < 1.29 is 4.79 Å². The molecule has 0 aromatic rings. The van der Waals surface area contributed by atoms with Gasteiger partial charge in [-0.25, -0.2) is 0 Å². The van der Waals surface area contributed by atoms with E-state index in [0.29, 0.717) is 23.0 Å². The number of thioether (sulfide) groups is 1. The van der Waals surface area contributed by atoms with Crippen LogP contribution < -0.4 is 5.32 Å². The fourth-order valence-electron chi connectivity index (χ4n) is 3.30. The first-order valence-electron chi connectivity index (χ1n) is 8.51. The number of carbonyl (C=O) groups is 1. The van der Waals surface area contributed by atoms with Crippen LogP contribution in [0.5, 0.6) is 0 Å². The van der Waals surface area contributed by atoms with E-state index in [4.69, 9.17) is 0 Å². The summed E-state index contributed by atoms with van der Waals surface area (Å²) < 4.78 is 0. The third-order valence-corrected chi connectivity index (χ3v) is 6.12. The number of piperidine rings is 2. The summed E-state index contributed by atoms with van der Waals surface area (Å²) in [7, 11) is 2.01. The van der Waals surface area contributed by atoms with E-state index in [1.165, 1.54) is 25.8 Å². The Morgan fingerprint density at radius 3 is 2.52 bits per heavy atom. The van der Waals surface area contributed by atoms with Crippen LogP contribution >= 0.6 is 11.8 Å². The highest BCUT2D eigenvalue weighted by atomic mass is 32.2. The minimum atomic E-state index is 0.326. The Morgan fingerprint density at radius 1 is 1.24 bits per heavy atom. The van der Waals surface area contributed by atoms with E-state index >= 15 is 0 Å². The van der Waals surface area contributed by atoms with E-state index < -0.39 is 0 Å². The molecule has 1 N–H and O–H groups in total. The Hall–Kier alpha value is -0.260. The Bertz CT molecular complexity index is 313. The number of nitrogens with zero attached hydrogens (tertiary/aromatic N) is 2. The third-order valence-electron chi connectivity index (χ3n) is 4.77. The van der Waals surface area contributed by atoms with Gasteiger partial charge in [-0.3, -0.25) is 4.79 Å². The van der Waals surface area contributed by atoms with E-state index in [9.17, 15) is 4.79 Å². The number of carbonyl (C=O) groups excluding carboxylic acids is 1. The normalized spacial score (nSPS) is 22.4. The van der Waals surface area contributed by atoms with Crippen LogP contribution in [0.2, 0.25) is 0 Å². The molecular formula is C16H31N3OS. The lowest BCUT2D eigenvalue weighted by molar-refractivity contribution is -0.130. The molecule has 122 valence electrons. The highest BCUT2D eigenvalue weighted by Crippen LogP contribution is 2.22. The molecule has 4 nitrogen and oxygen atoms in total. The summed E-state index contributed by atoms with van der Waals surface area (Å²) in [4.78, 5) is 16.9. The van der Waals surface area contributed by atoms with Crippen molar-refractivity contribution in [3.05, 3.63) is 0 Å². The van der Waals surface area contributed by atoms with Gasteiger partial charge in [0, 0.05) is 31.4 Å². The van der Waals surface area contributed by atoms with Crippen LogP contribution in [0, 0.1) is 0 Å². The second-order valence-corrected chi connectivity index (χ2v) is 7.63. The first kappa shape index (κ1) is 17.1. The number of nitrogens with one attached hydrogen (secondary N) is 1. The molecular weight excluding hydrogens is 282 g/mol. The first-order chi connectivity index (χ1) is 10.2. The van der Waals surface area contributed by atoms with E-state index in [-0.39, 0.29) is 0 Å². The molecule has 2 aliphatic heterocycles. The van der Waals surface area contributed by atoms with Gasteiger partial charge in [-0.15, -0.1) is 11.8 Å². The molecule has 0 aromatic heterocycles. The predicted molar refractivity (Wildman–Crippen MR) is 90.9 cm³/mol. The van der Waals surface area contributed by atoms with E-state index in [0.717, 1.165) is 39.0 Å². The molecule has 0 aromatic carbocycles. The average Bonchev–Trinajstić information content (AvgIpc) is 2.54. The number of likely N-dealkylation sites (tertiary alicyclic amines) is 1. The van der Waals surface area contributed by atoms with Gasteiger partial charge in [0.2, 0.25) is 5.91 Å². The fourth-order valence-corrected chi connectivity index (χ4v) is 4.45. The molecule has 5 heteroatoms. The quantitative estimate of drug-likeness (QED) is 0.811. The van der Waals surface area contributed by atoms with E-state index in [2.05, 4.69) is 17.1 Å². The number of hydrogen-bond donors (Lipinski definition) is 1. The largest absolute Gasteiger partial charge is 0.342 e. The maximum atomic E-state index is 12.4. The van der Waals surface area contributed by atoms with Crippen molar-refractivity contribution in [2.45, 2.75) is 50.3 Å². The molecule has 2 rings (SSSR count). The van der Waals surface area contributed by atoms with Crippen LogP contribution in [-0.4, -0.2) is 72.5 Å². The summed E-state index contributed by atoms with van der Waals surface area (Å²) in [6.07, 6.45) is 5.92. The van der Waals surface area contributed by atoms with Crippen molar-refractivity contribution in [3.63, 3.8) is 0 Å². The van der Waals surface area contributed by atoms with Gasteiger partial charge in [-0.1, -0.05) is 6.92 Å². The summed E-state index contributed by atoms with van der Waals surface area (Å²) in [5.74, 6) is 0.989. The first-order valence-corrected chi connectivity index (χ1v) is 9.56. The lowest BCUT2D eigenvalue weighted by Crippen LogP contribution is -2.46. The van der Waals surface area contributed by atoms with Gasteiger partial charge >= 0.3 is 0 Å². The third kappa shape index (κ3) is 5.46. The molecule has 0 spiro atoms. The minimum Gasteiger partial charge on any atom is -0.342 e. The summed E-state index contributed by atoms with van der Waals surface area (Å²) in [6.45, 7) is 7.96. The zero-order valence-corrected chi connectivity index (χ0v) is 14.5. The molecule has 0 unspecified atom stereocenters. The number of amides is 1. The highest BCUT2D eigenvalue weighted by Gasteiger charge is 2.25. The van der Waals surface area contributed by atoms with Gasteiger partial charge in [-0.2, -0.15) is 0 Å². The number of rotatable bonds is 6. The van der Waals surface area contributed by atoms with Gasteiger partial charge in [0.1, 0.15) is 0 Å². The zero-order valence-electron chi connectivity index (χ0n) is 13.6. The summed E-state index contributed by atoms with van der Waals surface area (Å²) >= 11 is 1.86. The lowest BCUT2D eigenvalue weighted by atomic mass is 10.0. The summed E-state index contributed by atoms with van der Waals surface area (Å²) in [5.41, 5.74) is 0. The molecule has 2 fully saturated rings. The lowest BCUT2D eigenvalue weighted by Gasteiger charge is -2.36. The maximum Gasteiger partial charge on any atom is 0.232 e. The second kappa shape index (κ2) is 9.01. The molecule has 0 bridgehead atoms. The second-order valence-electron chi connectivity index (χ2n) is 6.34. The van der Waals surface area contributed by atoms with Gasteiger partial charge in [0.15, 0.2) is 0 Å². The van der Waals surface area contributed by atoms with Crippen molar-refractivity contribution in [1.29, 1.82) is 0 Å². The summed E-state index contributed by atoms with van der Waals surface area (Å²) in [5, 5.41) is 4.05. The molecule has 0 atom stereocenters. The Kier molecular flexibility index (Phi) is 7.34. The topological polar surface area (TPSA) is 35.6 Å². The Balaban J connectivity index is 1.67. The molecule has 1 amide bonds. The smallest absolute Gasteiger partial charge is 0.232 e. The number of hydrogen-bond acceptors (Lipinski definition) is 4.